The summed E-state index contributed by atoms with van der Waals surface area (Å²) in [7, 11) is 0. The molecule has 0 aliphatic carbocycles. The lowest BCUT2D eigenvalue weighted by atomic mass is 10.1. The minimum Gasteiger partial charge on any atom is -0.459 e. The van der Waals surface area contributed by atoms with Crippen molar-refractivity contribution in [1.82, 2.24) is 5.32 Å². The molecule has 0 atom stereocenters. The van der Waals surface area contributed by atoms with E-state index in [0.717, 1.165) is 11.1 Å². The predicted molar refractivity (Wildman–Crippen MR) is 94.5 cm³/mol. The molecule has 2 aromatic carbocycles. The Hall–Kier alpha value is -2.04. The summed E-state index contributed by atoms with van der Waals surface area (Å²) >= 11 is 12.0. The van der Waals surface area contributed by atoms with Crippen LogP contribution in [0.3, 0.4) is 0 Å². The van der Waals surface area contributed by atoms with E-state index in [9.17, 15) is 9.59 Å². The van der Waals surface area contributed by atoms with Crippen LogP contribution in [0.1, 0.15) is 27.0 Å². The van der Waals surface area contributed by atoms with Gasteiger partial charge in [0.25, 0.3) is 5.91 Å². The van der Waals surface area contributed by atoms with Crippen LogP contribution in [-0.4, -0.2) is 18.4 Å². The summed E-state index contributed by atoms with van der Waals surface area (Å²) in [5, 5.41) is 3.38. The van der Waals surface area contributed by atoms with Gasteiger partial charge in [0.15, 0.2) is 0 Å². The zero-order chi connectivity index (χ0) is 17.7. The fourth-order valence-corrected chi connectivity index (χ4v) is 2.52. The number of rotatable bonds is 5. The molecule has 0 aliphatic rings. The van der Waals surface area contributed by atoms with Gasteiger partial charge in [0, 0.05) is 21.2 Å². The molecule has 24 heavy (non-hydrogen) atoms. The average Bonchev–Trinajstić information content (AvgIpc) is 2.54. The first-order valence-electron chi connectivity index (χ1n) is 7.32. The Morgan fingerprint density at radius 2 is 1.71 bits per heavy atom. The number of esters is 1. The molecule has 1 amide bonds. The molecule has 2 rings (SSSR count). The van der Waals surface area contributed by atoms with E-state index in [1.54, 1.807) is 30.3 Å². The Morgan fingerprint density at radius 1 is 1.04 bits per heavy atom. The first kappa shape index (κ1) is 18.3. The zero-order valence-electron chi connectivity index (χ0n) is 13.4. The number of hydrogen-bond acceptors (Lipinski definition) is 3. The monoisotopic (exact) mass is 365 g/mol. The van der Waals surface area contributed by atoms with E-state index in [2.05, 4.69) is 5.32 Å². The SMILES string of the molecule is Cc1ccc(C(=O)NCC(=O)OCc2c(Cl)cccc2Cl)cc1C. The van der Waals surface area contributed by atoms with Crippen molar-refractivity contribution in [1.29, 1.82) is 0 Å². The molecule has 0 aliphatic heterocycles. The van der Waals surface area contributed by atoms with E-state index in [4.69, 9.17) is 27.9 Å². The van der Waals surface area contributed by atoms with Gasteiger partial charge in [-0.1, -0.05) is 35.3 Å². The molecule has 0 bridgehead atoms. The van der Waals surface area contributed by atoms with Gasteiger partial charge in [-0.05, 0) is 49.2 Å². The first-order valence-corrected chi connectivity index (χ1v) is 8.08. The zero-order valence-corrected chi connectivity index (χ0v) is 14.9. The van der Waals surface area contributed by atoms with Crippen LogP contribution in [0.15, 0.2) is 36.4 Å². The van der Waals surface area contributed by atoms with Crippen LogP contribution in [0.5, 0.6) is 0 Å². The molecule has 1 N–H and O–H groups in total. The second-order valence-electron chi connectivity index (χ2n) is 5.34. The molecular formula is C18H17Cl2NO3. The van der Waals surface area contributed by atoms with Gasteiger partial charge < -0.3 is 10.1 Å². The van der Waals surface area contributed by atoms with Gasteiger partial charge in [0.05, 0.1) is 0 Å². The summed E-state index contributed by atoms with van der Waals surface area (Å²) in [6.07, 6.45) is 0. The summed E-state index contributed by atoms with van der Waals surface area (Å²) in [5.41, 5.74) is 3.15. The van der Waals surface area contributed by atoms with Crippen molar-refractivity contribution in [2.24, 2.45) is 0 Å². The number of hydrogen-bond donors (Lipinski definition) is 1. The van der Waals surface area contributed by atoms with Gasteiger partial charge in [-0.3, -0.25) is 9.59 Å². The number of ether oxygens (including phenoxy) is 1. The molecule has 2 aromatic rings. The highest BCUT2D eigenvalue weighted by Gasteiger charge is 2.12. The second-order valence-corrected chi connectivity index (χ2v) is 6.16. The summed E-state index contributed by atoms with van der Waals surface area (Å²) < 4.78 is 5.10. The number of nitrogens with one attached hydrogen (secondary N) is 1. The molecule has 0 saturated heterocycles. The van der Waals surface area contributed by atoms with Crippen molar-refractivity contribution >= 4 is 35.1 Å². The summed E-state index contributed by atoms with van der Waals surface area (Å²) in [5.74, 6) is -0.894. The van der Waals surface area contributed by atoms with Crippen molar-refractivity contribution in [3.05, 3.63) is 68.7 Å². The molecule has 126 valence electrons. The molecule has 6 heteroatoms. The van der Waals surface area contributed by atoms with Crippen molar-refractivity contribution in [3.63, 3.8) is 0 Å². The van der Waals surface area contributed by atoms with Gasteiger partial charge in [-0.2, -0.15) is 0 Å². The fraction of sp³-hybridized carbons (Fsp3) is 0.222. The lowest BCUT2D eigenvalue weighted by Crippen LogP contribution is -2.30. The van der Waals surface area contributed by atoms with Gasteiger partial charge in [-0.15, -0.1) is 0 Å². The number of aryl methyl sites for hydroxylation is 2. The largest absolute Gasteiger partial charge is 0.459 e. The molecule has 0 aromatic heterocycles. The van der Waals surface area contributed by atoms with E-state index < -0.39 is 5.97 Å². The Bertz CT molecular complexity index is 755. The molecule has 0 fully saturated rings. The molecule has 0 heterocycles. The Labute approximate surface area is 150 Å². The van der Waals surface area contributed by atoms with Crippen LogP contribution in [0.25, 0.3) is 0 Å². The third-order valence-electron chi connectivity index (χ3n) is 3.60. The van der Waals surface area contributed by atoms with Gasteiger partial charge in [-0.25, -0.2) is 0 Å². The highest BCUT2D eigenvalue weighted by atomic mass is 35.5. The van der Waals surface area contributed by atoms with Crippen molar-refractivity contribution in [2.45, 2.75) is 20.5 Å². The maximum absolute atomic E-state index is 12.0. The Kier molecular flexibility index (Phi) is 6.23. The number of carbonyl (C=O) groups excluding carboxylic acids is 2. The highest BCUT2D eigenvalue weighted by Crippen LogP contribution is 2.24. The quantitative estimate of drug-likeness (QED) is 0.812. The third kappa shape index (κ3) is 4.73. The number of halogens is 2. The van der Waals surface area contributed by atoms with E-state index >= 15 is 0 Å². The van der Waals surface area contributed by atoms with Crippen LogP contribution in [0, 0.1) is 13.8 Å². The predicted octanol–water partition coefficient (Wildman–Crippen LogP) is 4.08. The number of benzene rings is 2. The summed E-state index contributed by atoms with van der Waals surface area (Å²) in [6.45, 7) is 3.62. The van der Waals surface area contributed by atoms with E-state index in [0.29, 0.717) is 21.2 Å². The highest BCUT2D eigenvalue weighted by molar-refractivity contribution is 6.35. The standard InChI is InChI=1S/C18H17Cl2NO3/c1-11-6-7-13(8-12(11)2)18(23)21-9-17(22)24-10-14-15(19)4-3-5-16(14)20/h3-8H,9-10H2,1-2H3,(H,21,23). The minimum absolute atomic E-state index is 0.0448. The van der Waals surface area contributed by atoms with Crippen LogP contribution >= 0.6 is 23.2 Å². The normalized spacial score (nSPS) is 10.3. The van der Waals surface area contributed by atoms with Gasteiger partial charge in [0.2, 0.25) is 0 Å². The number of amides is 1. The molecule has 0 radical (unpaired) electrons. The van der Waals surface area contributed by atoms with Crippen molar-refractivity contribution in [2.75, 3.05) is 6.54 Å². The van der Waals surface area contributed by atoms with Gasteiger partial charge >= 0.3 is 5.97 Å². The first-order chi connectivity index (χ1) is 11.4. The molecule has 0 unspecified atom stereocenters. The third-order valence-corrected chi connectivity index (χ3v) is 4.31. The maximum Gasteiger partial charge on any atom is 0.325 e. The summed E-state index contributed by atoms with van der Waals surface area (Å²) in [6, 6.07) is 10.4. The lowest BCUT2D eigenvalue weighted by Gasteiger charge is -2.09. The molecule has 0 spiro atoms. The minimum atomic E-state index is -0.567. The topological polar surface area (TPSA) is 55.4 Å². The van der Waals surface area contributed by atoms with E-state index in [1.165, 1.54) is 0 Å². The Morgan fingerprint density at radius 3 is 2.33 bits per heavy atom. The van der Waals surface area contributed by atoms with Crippen molar-refractivity contribution in [3.8, 4) is 0 Å². The molecule has 0 saturated carbocycles. The van der Waals surface area contributed by atoms with Crippen LogP contribution in [-0.2, 0) is 16.1 Å². The van der Waals surface area contributed by atoms with E-state index in [-0.39, 0.29) is 19.1 Å². The molecular weight excluding hydrogens is 349 g/mol. The van der Waals surface area contributed by atoms with Crippen LogP contribution < -0.4 is 5.32 Å². The van der Waals surface area contributed by atoms with Crippen LogP contribution in [0.2, 0.25) is 10.0 Å². The smallest absolute Gasteiger partial charge is 0.325 e. The lowest BCUT2D eigenvalue weighted by molar-refractivity contribution is -0.143. The second kappa shape index (κ2) is 8.18. The maximum atomic E-state index is 12.0. The fourth-order valence-electron chi connectivity index (χ4n) is 2.01. The van der Waals surface area contributed by atoms with Crippen molar-refractivity contribution < 1.29 is 14.3 Å². The number of carbonyl (C=O) groups is 2. The van der Waals surface area contributed by atoms with E-state index in [1.807, 2.05) is 19.9 Å². The van der Waals surface area contributed by atoms with Crippen LogP contribution in [0.4, 0.5) is 0 Å². The Balaban J connectivity index is 1.87. The summed E-state index contributed by atoms with van der Waals surface area (Å²) in [4.78, 5) is 23.8. The molecule has 4 nitrogen and oxygen atoms in total. The van der Waals surface area contributed by atoms with Gasteiger partial charge in [0.1, 0.15) is 13.2 Å². The average molecular weight is 366 g/mol.